The molecule has 0 bridgehead atoms. The summed E-state index contributed by atoms with van der Waals surface area (Å²) < 4.78 is 28.9. The van der Waals surface area contributed by atoms with Gasteiger partial charge < -0.3 is 5.32 Å². The maximum atomic E-state index is 12.7. The molecule has 2 atom stereocenters. The molecule has 3 heterocycles. The number of nitrogens with one attached hydrogen (secondary N) is 1. The van der Waals surface area contributed by atoms with E-state index in [9.17, 15) is 8.42 Å². The van der Waals surface area contributed by atoms with Gasteiger partial charge in [0.1, 0.15) is 0 Å². The molecule has 2 unspecified atom stereocenters. The molecule has 0 aromatic rings. The Morgan fingerprint density at radius 3 is 2.37 bits per heavy atom. The van der Waals surface area contributed by atoms with Crippen LogP contribution in [0.5, 0.6) is 0 Å². The maximum Gasteiger partial charge on any atom is 0.281 e. The summed E-state index contributed by atoms with van der Waals surface area (Å²) in [6.07, 6.45) is 6.46. The second-order valence-corrected chi connectivity index (χ2v) is 8.01. The molecule has 19 heavy (non-hydrogen) atoms. The van der Waals surface area contributed by atoms with Gasteiger partial charge in [0.15, 0.2) is 0 Å². The lowest BCUT2D eigenvalue weighted by Gasteiger charge is -2.36. The Bertz CT molecular complexity index is 404. The fourth-order valence-electron chi connectivity index (χ4n) is 3.66. The van der Waals surface area contributed by atoms with Gasteiger partial charge in [-0.25, -0.2) is 0 Å². The summed E-state index contributed by atoms with van der Waals surface area (Å²) >= 11 is 0. The van der Waals surface area contributed by atoms with Gasteiger partial charge in [0.25, 0.3) is 10.2 Å². The standard InChI is InChI=1S/C13H25N3O2S/c17-19(18,15-8-3-1-2-4-9-15)16-10-6-13-12(11-16)5-7-14-13/h12-14H,1-11H2. The summed E-state index contributed by atoms with van der Waals surface area (Å²) in [5.41, 5.74) is 0. The van der Waals surface area contributed by atoms with Crippen molar-refractivity contribution in [3.63, 3.8) is 0 Å². The molecule has 0 spiro atoms. The van der Waals surface area contributed by atoms with Crippen LogP contribution >= 0.6 is 0 Å². The molecule has 0 radical (unpaired) electrons. The highest BCUT2D eigenvalue weighted by atomic mass is 32.2. The highest BCUT2D eigenvalue weighted by Crippen LogP contribution is 2.27. The third kappa shape index (κ3) is 2.82. The highest BCUT2D eigenvalue weighted by molar-refractivity contribution is 7.86. The predicted octanol–water partition coefficient (Wildman–Crippen LogP) is 0.791. The van der Waals surface area contributed by atoms with E-state index in [0.717, 1.165) is 38.8 Å². The first-order valence-electron chi connectivity index (χ1n) is 7.66. The van der Waals surface area contributed by atoms with E-state index >= 15 is 0 Å². The molecule has 1 N–H and O–H groups in total. The first-order valence-corrected chi connectivity index (χ1v) is 9.06. The molecule has 3 aliphatic rings. The van der Waals surface area contributed by atoms with Gasteiger partial charge in [-0.1, -0.05) is 12.8 Å². The normalized spacial score (nSPS) is 34.9. The fourth-order valence-corrected chi connectivity index (χ4v) is 5.42. The molecule has 3 fully saturated rings. The van der Waals surface area contributed by atoms with Gasteiger partial charge in [-0.3, -0.25) is 0 Å². The van der Waals surface area contributed by atoms with Crippen molar-refractivity contribution in [3.8, 4) is 0 Å². The van der Waals surface area contributed by atoms with Crippen molar-refractivity contribution in [2.75, 3.05) is 32.7 Å². The molecular weight excluding hydrogens is 262 g/mol. The van der Waals surface area contributed by atoms with Crippen LogP contribution in [0.3, 0.4) is 0 Å². The van der Waals surface area contributed by atoms with Crippen LogP contribution in [-0.4, -0.2) is 55.8 Å². The molecule has 3 saturated heterocycles. The van der Waals surface area contributed by atoms with E-state index < -0.39 is 10.2 Å². The van der Waals surface area contributed by atoms with E-state index in [-0.39, 0.29) is 0 Å². The molecule has 0 amide bonds. The molecule has 0 saturated carbocycles. The fraction of sp³-hybridized carbons (Fsp3) is 1.00. The largest absolute Gasteiger partial charge is 0.314 e. The van der Waals surface area contributed by atoms with Crippen molar-refractivity contribution in [1.82, 2.24) is 13.9 Å². The van der Waals surface area contributed by atoms with Crippen LogP contribution in [0.4, 0.5) is 0 Å². The summed E-state index contributed by atoms with van der Waals surface area (Å²) in [7, 11) is -3.21. The number of nitrogens with zero attached hydrogens (tertiary/aromatic N) is 2. The number of piperidine rings is 1. The van der Waals surface area contributed by atoms with Gasteiger partial charge in [-0.15, -0.1) is 0 Å². The molecule has 3 aliphatic heterocycles. The maximum absolute atomic E-state index is 12.7. The summed E-state index contributed by atoms with van der Waals surface area (Å²) in [5, 5.41) is 3.48. The second-order valence-electron chi connectivity index (χ2n) is 6.08. The van der Waals surface area contributed by atoms with Crippen LogP contribution in [0.2, 0.25) is 0 Å². The lowest BCUT2D eigenvalue weighted by Crippen LogP contribution is -2.51. The van der Waals surface area contributed by atoms with Crippen LogP contribution in [0, 0.1) is 5.92 Å². The second kappa shape index (κ2) is 5.68. The van der Waals surface area contributed by atoms with Gasteiger partial charge >= 0.3 is 0 Å². The molecule has 0 aliphatic carbocycles. The van der Waals surface area contributed by atoms with E-state index in [2.05, 4.69) is 5.32 Å². The number of hydrogen-bond donors (Lipinski definition) is 1. The minimum Gasteiger partial charge on any atom is -0.314 e. The van der Waals surface area contributed by atoms with Crippen LogP contribution in [-0.2, 0) is 10.2 Å². The SMILES string of the molecule is O=S(=O)(N1CCCCCC1)N1CCC2NCCC2C1. The molecular formula is C13H25N3O2S. The Balaban J connectivity index is 1.69. The summed E-state index contributed by atoms with van der Waals surface area (Å²) in [6.45, 7) is 3.88. The average molecular weight is 287 g/mol. The van der Waals surface area contributed by atoms with Crippen molar-refractivity contribution in [2.45, 2.75) is 44.6 Å². The molecule has 110 valence electrons. The molecule has 3 rings (SSSR count). The smallest absolute Gasteiger partial charge is 0.281 e. The third-order valence-corrected chi connectivity index (χ3v) is 6.84. The summed E-state index contributed by atoms with van der Waals surface area (Å²) in [6, 6.07) is 0.551. The van der Waals surface area contributed by atoms with E-state index in [0.29, 0.717) is 31.6 Å². The van der Waals surface area contributed by atoms with Gasteiger partial charge in [0.05, 0.1) is 0 Å². The molecule has 0 aromatic heterocycles. The Morgan fingerprint density at radius 2 is 1.63 bits per heavy atom. The van der Waals surface area contributed by atoms with Crippen molar-refractivity contribution in [1.29, 1.82) is 0 Å². The van der Waals surface area contributed by atoms with Crippen LogP contribution in [0.25, 0.3) is 0 Å². The highest BCUT2D eigenvalue weighted by Gasteiger charge is 2.39. The van der Waals surface area contributed by atoms with E-state index in [4.69, 9.17) is 0 Å². The van der Waals surface area contributed by atoms with Gasteiger partial charge in [0, 0.05) is 32.2 Å². The Labute approximate surface area is 116 Å². The van der Waals surface area contributed by atoms with Gasteiger partial charge in [-0.05, 0) is 38.1 Å². The first-order chi connectivity index (χ1) is 9.18. The number of rotatable bonds is 2. The minimum atomic E-state index is -3.21. The van der Waals surface area contributed by atoms with E-state index in [1.165, 1.54) is 12.8 Å². The van der Waals surface area contributed by atoms with Gasteiger partial charge in [0.2, 0.25) is 0 Å². The van der Waals surface area contributed by atoms with Crippen molar-refractivity contribution < 1.29 is 8.42 Å². The Kier molecular flexibility index (Phi) is 4.12. The van der Waals surface area contributed by atoms with Crippen LogP contribution in [0.15, 0.2) is 0 Å². The lowest BCUT2D eigenvalue weighted by atomic mass is 9.95. The Hall–Kier alpha value is -0.170. The Morgan fingerprint density at radius 1 is 0.895 bits per heavy atom. The number of hydrogen-bond acceptors (Lipinski definition) is 3. The first kappa shape index (κ1) is 13.8. The zero-order valence-corrected chi connectivity index (χ0v) is 12.4. The lowest BCUT2D eigenvalue weighted by molar-refractivity contribution is 0.231. The van der Waals surface area contributed by atoms with E-state index in [1.807, 2.05) is 0 Å². The molecule has 5 nitrogen and oxygen atoms in total. The third-order valence-electron chi connectivity index (χ3n) is 4.84. The quantitative estimate of drug-likeness (QED) is 0.817. The number of fused-ring (bicyclic) bond motifs is 1. The minimum absolute atomic E-state index is 0.524. The van der Waals surface area contributed by atoms with Crippen LogP contribution in [0.1, 0.15) is 38.5 Å². The van der Waals surface area contributed by atoms with E-state index in [1.54, 1.807) is 8.61 Å². The monoisotopic (exact) mass is 287 g/mol. The average Bonchev–Trinajstić information content (AvgIpc) is 2.69. The van der Waals surface area contributed by atoms with Crippen molar-refractivity contribution in [2.24, 2.45) is 5.92 Å². The summed E-state index contributed by atoms with van der Waals surface area (Å²) in [4.78, 5) is 0. The van der Waals surface area contributed by atoms with Crippen LogP contribution < -0.4 is 5.32 Å². The topological polar surface area (TPSA) is 52.7 Å². The van der Waals surface area contributed by atoms with Crippen molar-refractivity contribution in [3.05, 3.63) is 0 Å². The molecule has 0 aromatic carbocycles. The zero-order chi connectivity index (χ0) is 13.3. The predicted molar refractivity (Wildman–Crippen MR) is 75.0 cm³/mol. The summed E-state index contributed by atoms with van der Waals surface area (Å²) in [5.74, 6) is 0.524. The molecule has 6 heteroatoms. The van der Waals surface area contributed by atoms with Gasteiger partial charge in [-0.2, -0.15) is 17.0 Å². The zero-order valence-electron chi connectivity index (χ0n) is 11.6. The van der Waals surface area contributed by atoms with Crippen molar-refractivity contribution >= 4 is 10.2 Å².